The molecule has 2 nitrogen and oxygen atoms in total. The van der Waals surface area contributed by atoms with Crippen LogP contribution in [0, 0.1) is 5.92 Å². The molecule has 2 heteroatoms. The molecule has 1 aliphatic rings. The lowest BCUT2D eigenvalue weighted by Crippen LogP contribution is -2.03. The molecule has 1 saturated carbocycles. The van der Waals surface area contributed by atoms with Crippen molar-refractivity contribution in [2.75, 3.05) is 0 Å². The van der Waals surface area contributed by atoms with E-state index in [2.05, 4.69) is 13.8 Å². The van der Waals surface area contributed by atoms with Crippen molar-refractivity contribution in [2.45, 2.75) is 45.3 Å². The van der Waals surface area contributed by atoms with Crippen molar-refractivity contribution in [3.63, 3.8) is 0 Å². The molecule has 0 spiro atoms. The van der Waals surface area contributed by atoms with Gasteiger partial charge >= 0.3 is 0 Å². The fourth-order valence-corrected chi connectivity index (χ4v) is 1.76. The van der Waals surface area contributed by atoms with Crippen LogP contribution in [-0.2, 0) is 0 Å². The maximum atomic E-state index is 10.0. The molecule has 1 N–H and O–H groups in total. The molecule has 1 atom stereocenters. The minimum Gasteiger partial charge on any atom is -0.490 e. The first-order chi connectivity index (χ1) is 7.65. The average Bonchev–Trinajstić information content (AvgIpc) is 3.01. The molecule has 88 valence electrons. The molecule has 1 fully saturated rings. The summed E-state index contributed by atoms with van der Waals surface area (Å²) in [7, 11) is 0. The highest BCUT2D eigenvalue weighted by Crippen LogP contribution is 2.29. The third-order valence-electron chi connectivity index (χ3n) is 2.76. The van der Waals surface area contributed by atoms with Crippen molar-refractivity contribution in [2.24, 2.45) is 5.92 Å². The largest absolute Gasteiger partial charge is 0.490 e. The Labute approximate surface area is 97.3 Å². The fraction of sp³-hybridized carbons (Fsp3) is 0.571. The zero-order valence-electron chi connectivity index (χ0n) is 10.0. The highest BCUT2D eigenvalue weighted by molar-refractivity contribution is 5.30. The van der Waals surface area contributed by atoms with Gasteiger partial charge in [-0.05, 0) is 42.9 Å². The van der Waals surface area contributed by atoms with E-state index in [1.165, 1.54) is 12.8 Å². The third-order valence-corrected chi connectivity index (χ3v) is 2.76. The molecular formula is C14H20O2. The van der Waals surface area contributed by atoms with Gasteiger partial charge in [0.25, 0.3) is 0 Å². The van der Waals surface area contributed by atoms with E-state index >= 15 is 0 Å². The minimum absolute atomic E-state index is 0.372. The second kappa shape index (κ2) is 4.88. The van der Waals surface area contributed by atoms with Crippen molar-refractivity contribution in [1.82, 2.24) is 0 Å². The summed E-state index contributed by atoms with van der Waals surface area (Å²) >= 11 is 0. The first-order valence-corrected chi connectivity index (χ1v) is 6.10. The van der Waals surface area contributed by atoms with Crippen LogP contribution in [0.15, 0.2) is 24.3 Å². The van der Waals surface area contributed by atoms with E-state index in [-0.39, 0.29) is 6.10 Å². The van der Waals surface area contributed by atoms with Gasteiger partial charge in [-0.1, -0.05) is 26.0 Å². The molecule has 2 rings (SSSR count). The first-order valence-electron chi connectivity index (χ1n) is 6.10. The standard InChI is InChI=1S/C14H20O2/c1-10(2)8-14(15)11-4-3-5-13(9-11)16-12-6-7-12/h3-5,9-10,12,14-15H,6-8H2,1-2H3. The number of aliphatic hydroxyl groups excluding tert-OH is 1. The predicted octanol–water partition coefficient (Wildman–Crippen LogP) is 3.31. The summed E-state index contributed by atoms with van der Waals surface area (Å²) in [5.74, 6) is 1.39. The Bertz CT molecular complexity index is 342. The van der Waals surface area contributed by atoms with Gasteiger partial charge in [0.1, 0.15) is 5.75 Å². The van der Waals surface area contributed by atoms with Crippen LogP contribution < -0.4 is 4.74 Å². The molecule has 16 heavy (non-hydrogen) atoms. The van der Waals surface area contributed by atoms with Gasteiger partial charge in [0.15, 0.2) is 0 Å². The summed E-state index contributed by atoms with van der Waals surface area (Å²) in [4.78, 5) is 0. The summed E-state index contributed by atoms with van der Waals surface area (Å²) < 4.78 is 5.71. The van der Waals surface area contributed by atoms with Crippen molar-refractivity contribution in [3.8, 4) is 5.75 Å². The lowest BCUT2D eigenvalue weighted by atomic mass is 9.99. The van der Waals surface area contributed by atoms with E-state index in [1.54, 1.807) is 0 Å². The molecule has 1 aliphatic carbocycles. The van der Waals surface area contributed by atoms with Crippen LogP contribution in [0.3, 0.4) is 0 Å². The fourth-order valence-electron chi connectivity index (χ4n) is 1.76. The van der Waals surface area contributed by atoms with Gasteiger partial charge in [0.2, 0.25) is 0 Å². The second-order valence-electron chi connectivity index (χ2n) is 5.04. The molecule has 0 bridgehead atoms. The minimum atomic E-state index is -0.372. The Balaban J connectivity index is 2.02. The summed E-state index contributed by atoms with van der Waals surface area (Å²) in [6.45, 7) is 4.24. The first kappa shape index (κ1) is 11.5. The highest BCUT2D eigenvalue weighted by Gasteiger charge is 2.23. The van der Waals surface area contributed by atoms with Crippen molar-refractivity contribution < 1.29 is 9.84 Å². The number of aliphatic hydroxyl groups is 1. The molecule has 0 aromatic heterocycles. The zero-order valence-corrected chi connectivity index (χ0v) is 10.0. The van der Waals surface area contributed by atoms with Crippen molar-refractivity contribution >= 4 is 0 Å². The Hall–Kier alpha value is -1.02. The van der Waals surface area contributed by atoms with Gasteiger partial charge in [-0.25, -0.2) is 0 Å². The monoisotopic (exact) mass is 220 g/mol. The van der Waals surface area contributed by atoms with E-state index in [1.807, 2.05) is 24.3 Å². The SMILES string of the molecule is CC(C)CC(O)c1cccc(OC2CC2)c1. The number of benzene rings is 1. The topological polar surface area (TPSA) is 29.5 Å². The van der Waals surface area contributed by atoms with Crippen LogP contribution in [-0.4, -0.2) is 11.2 Å². The molecule has 1 unspecified atom stereocenters. The molecule has 0 aliphatic heterocycles. The Kier molecular flexibility index (Phi) is 3.49. The normalized spacial score (nSPS) is 17.5. The van der Waals surface area contributed by atoms with Crippen LogP contribution in [0.1, 0.15) is 44.8 Å². The number of rotatable bonds is 5. The van der Waals surface area contributed by atoms with Crippen LogP contribution in [0.5, 0.6) is 5.75 Å². The summed E-state index contributed by atoms with van der Waals surface area (Å²) in [5, 5.41) is 10.0. The molecule has 0 amide bonds. The number of hydrogen-bond acceptors (Lipinski definition) is 2. The molecule has 0 saturated heterocycles. The molecule has 0 heterocycles. The van der Waals surface area contributed by atoms with Crippen molar-refractivity contribution in [1.29, 1.82) is 0 Å². The molecule has 1 aromatic carbocycles. The van der Waals surface area contributed by atoms with Gasteiger partial charge in [-0.2, -0.15) is 0 Å². The Morgan fingerprint density at radius 2 is 2.12 bits per heavy atom. The maximum absolute atomic E-state index is 10.0. The van der Waals surface area contributed by atoms with Crippen LogP contribution in [0.2, 0.25) is 0 Å². The summed E-state index contributed by atoms with van der Waals surface area (Å²) in [6, 6.07) is 7.85. The molecular weight excluding hydrogens is 200 g/mol. The van der Waals surface area contributed by atoms with E-state index < -0.39 is 0 Å². The number of hydrogen-bond donors (Lipinski definition) is 1. The third kappa shape index (κ3) is 3.24. The van der Waals surface area contributed by atoms with E-state index in [0.29, 0.717) is 12.0 Å². The predicted molar refractivity (Wildman–Crippen MR) is 64.5 cm³/mol. The van der Waals surface area contributed by atoms with Gasteiger partial charge in [-0.15, -0.1) is 0 Å². The van der Waals surface area contributed by atoms with E-state index in [4.69, 9.17) is 4.74 Å². The van der Waals surface area contributed by atoms with E-state index in [0.717, 1.165) is 17.7 Å². The number of ether oxygens (including phenoxy) is 1. The Morgan fingerprint density at radius 3 is 2.75 bits per heavy atom. The average molecular weight is 220 g/mol. The lowest BCUT2D eigenvalue weighted by Gasteiger charge is -2.14. The lowest BCUT2D eigenvalue weighted by molar-refractivity contribution is 0.150. The zero-order chi connectivity index (χ0) is 11.5. The summed E-state index contributed by atoms with van der Waals surface area (Å²) in [6.07, 6.45) is 3.17. The maximum Gasteiger partial charge on any atom is 0.120 e. The van der Waals surface area contributed by atoms with Gasteiger partial charge < -0.3 is 9.84 Å². The van der Waals surface area contributed by atoms with Crippen molar-refractivity contribution in [3.05, 3.63) is 29.8 Å². The van der Waals surface area contributed by atoms with Gasteiger partial charge in [-0.3, -0.25) is 0 Å². The van der Waals surface area contributed by atoms with Crippen LogP contribution >= 0.6 is 0 Å². The van der Waals surface area contributed by atoms with E-state index in [9.17, 15) is 5.11 Å². The molecule has 0 radical (unpaired) electrons. The van der Waals surface area contributed by atoms with Crippen LogP contribution in [0.25, 0.3) is 0 Å². The molecule has 1 aromatic rings. The quantitative estimate of drug-likeness (QED) is 0.825. The summed E-state index contributed by atoms with van der Waals surface area (Å²) in [5.41, 5.74) is 0.965. The highest BCUT2D eigenvalue weighted by atomic mass is 16.5. The Morgan fingerprint density at radius 1 is 1.38 bits per heavy atom. The second-order valence-corrected chi connectivity index (χ2v) is 5.04. The van der Waals surface area contributed by atoms with Gasteiger partial charge in [0.05, 0.1) is 12.2 Å². The van der Waals surface area contributed by atoms with Crippen LogP contribution in [0.4, 0.5) is 0 Å². The van der Waals surface area contributed by atoms with Gasteiger partial charge in [0, 0.05) is 0 Å². The smallest absolute Gasteiger partial charge is 0.120 e.